The Labute approximate surface area is 227 Å². The van der Waals surface area contributed by atoms with E-state index >= 15 is 0 Å². The van der Waals surface area contributed by atoms with Crippen molar-refractivity contribution in [3.8, 4) is 11.3 Å². The van der Waals surface area contributed by atoms with Crippen molar-refractivity contribution in [3.05, 3.63) is 114 Å². The van der Waals surface area contributed by atoms with Crippen molar-refractivity contribution in [2.24, 2.45) is 0 Å². The number of rotatable bonds is 7. The summed E-state index contributed by atoms with van der Waals surface area (Å²) in [5.41, 5.74) is 3.08. The Kier molecular flexibility index (Phi) is 7.91. The van der Waals surface area contributed by atoms with Crippen molar-refractivity contribution in [2.45, 2.75) is 13.0 Å². The van der Waals surface area contributed by atoms with Crippen molar-refractivity contribution in [2.75, 3.05) is 37.6 Å². The van der Waals surface area contributed by atoms with Crippen LogP contribution in [0.3, 0.4) is 0 Å². The molecule has 0 aliphatic carbocycles. The van der Waals surface area contributed by atoms with Crippen LogP contribution >= 0.6 is 0 Å². The van der Waals surface area contributed by atoms with Gasteiger partial charge in [0, 0.05) is 37.3 Å². The first-order valence-corrected chi connectivity index (χ1v) is 13.0. The molecule has 0 spiro atoms. The van der Waals surface area contributed by atoms with E-state index in [1.54, 1.807) is 9.80 Å². The summed E-state index contributed by atoms with van der Waals surface area (Å²) in [6.45, 7) is 4.09. The van der Waals surface area contributed by atoms with Crippen LogP contribution in [-0.2, 0) is 4.79 Å². The predicted molar refractivity (Wildman–Crippen MR) is 149 cm³/mol. The van der Waals surface area contributed by atoms with Crippen molar-refractivity contribution >= 4 is 17.6 Å². The summed E-state index contributed by atoms with van der Waals surface area (Å²) >= 11 is 0. The molecule has 4 aromatic rings. The molecule has 7 nitrogen and oxygen atoms in total. The van der Waals surface area contributed by atoms with Crippen molar-refractivity contribution in [1.82, 2.24) is 20.0 Å². The average molecular weight is 524 g/mol. The largest absolute Gasteiger partial charge is 0.352 e. The third-order valence-electron chi connectivity index (χ3n) is 7.08. The summed E-state index contributed by atoms with van der Waals surface area (Å²) in [6.07, 6.45) is 0. The second-order valence-corrected chi connectivity index (χ2v) is 9.54. The van der Waals surface area contributed by atoms with E-state index in [2.05, 4.69) is 15.1 Å². The Morgan fingerprint density at radius 1 is 0.821 bits per heavy atom. The SMILES string of the molecule is C[C@H](c1ccccc1)N(CC(=O)N1CCN(c2ccc(-c3ccccc3)nn2)CC1)C(=O)c1ccc(F)cc1. The maximum absolute atomic E-state index is 13.5. The molecule has 0 unspecified atom stereocenters. The number of hydrogen-bond donors (Lipinski definition) is 0. The van der Waals surface area contributed by atoms with Gasteiger partial charge in [-0.15, -0.1) is 10.2 Å². The third kappa shape index (κ3) is 6.12. The van der Waals surface area contributed by atoms with Gasteiger partial charge in [-0.2, -0.15) is 0 Å². The lowest BCUT2D eigenvalue weighted by Gasteiger charge is -2.37. The minimum atomic E-state index is -0.414. The number of carbonyl (C=O) groups is 2. The number of benzene rings is 3. The zero-order chi connectivity index (χ0) is 27.2. The molecule has 0 N–H and O–H groups in total. The molecule has 2 heterocycles. The first kappa shape index (κ1) is 26.0. The molecule has 39 heavy (non-hydrogen) atoms. The van der Waals surface area contributed by atoms with E-state index in [4.69, 9.17) is 0 Å². The molecule has 8 heteroatoms. The molecular weight excluding hydrogens is 493 g/mol. The maximum atomic E-state index is 13.5. The van der Waals surface area contributed by atoms with Gasteiger partial charge in [-0.25, -0.2) is 4.39 Å². The van der Waals surface area contributed by atoms with Crippen LogP contribution in [0.5, 0.6) is 0 Å². The number of nitrogens with zero attached hydrogens (tertiary/aromatic N) is 5. The van der Waals surface area contributed by atoms with E-state index in [1.807, 2.05) is 79.7 Å². The third-order valence-corrected chi connectivity index (χ3v) is 7.08. The molecule has 3 aromatic carbocycles. The smallest absolute Gasteiger partial charge is 0.254 e. The maximum Gasteiger partial charge on any atom is 0.254 e. The molecular formula is C31H30FN5O2. The van der Waals surface area contributed by atoms with Crippen LogP contribution in [-0.4, -0.2) is 64.5 Å². The van der Waals surface area contributed by atoms with Crippen molar-refractivity contribution in [3.63, 3.8) is 0 Å². The summed E-state index contributed by atoms with van der Waals surface area (Å²) in [6, 6.07) is 28.5. The highest BCUT2D eigenvalue weighted by Gasteiger charge is 2.29. The van der Waals surface area contributed by atoms with Crippen LogP contribution in [0.2, 0.25) is 0 Å². The van der Waals surface area contributed by atoms with Gasteiger partial charge in [-0.1, -0.05) is 60.7 Å². The van der Waals surface area contributed by atoms with E-state index in [0.717, 1.165) is 22.6 Å². The highest BCUT2D eigenvalue weighted by molar-refractivity contribution is 5.96. The summed E-state index contributed by atoms with van der Waals surface area (Å²) < 4.78 is 13.5. The van der Waals surface area contributed by atoms with E-state index in [0.29, 0.717) is 31.7 Å². The lowest BCUT2D eigenvalue weighted by molar-refractivity contribution is -0.132. The topological polar surface area (TPSA) is 69.6 Å². The number of anilines is 1. The lowest BCUT2D eigenvalue weighted by atomic mass is 10.1. The second-order valence-electron chi connectivity index (χ2n) is 9.54. The standard InChI is InChI=1S/C31H30FN5O2/c1-23(24-8-4-2-5-9-24)37(31(39)26-12-14-27(32)15-13-26)22-30(38)36-20-18-35(19-21-36)29-17-16-28(33-34-29)25-10-6-3-7-11-25/h2-17,23H,18-22H2,1H3/t23-/m1/s1. The molecule has 2 amide bonds. The Morgan fingerprint density at radius 2 is 1.46 bits per heavy atom. The normalized spacial score (nSPS) is 14.1. The van der Waals surface area contributed by atoms with Gasteiger partial charge in [0.05, 0.1) is 11.7 Å². The van der Waals surface area contributed by atoms with Crippen LogP contribution in [0, 0.1) is 5.82 Å². The number of halogens is 1. The first-order chi connectivity index (χ1) is 19.0. The van der Waals surface area contributed by atoms with Crippen LogP contribution in [0.25, 0.3) is 11.3 Å². The number of amides is 2. The fraction of sp³-hybridized carbons (Fsp3) is 0.226. The highest BCUT2D eigenvalue weighted by Crippen LogP contribution is 2.24. The van der Waals surface area contributed by atoms with Gasteiger partial charge in [0.1, 0.15) is 12.4 Å². The van der Waals surface area contributed by atoms with Gasteiger partial charge in [-0.05, 0) is 48.9 Å². The van der Waals surface area contributed by atoms with Gasteiger partial charge in [0.15, 0.2) is 5.82 Å². The van der Waals surface area contributed by atoms with Gasteiger partial charge >= 0.3 is 0 Å². The summed E-state index contributed by atoms with van der Waals surface area (Å²) in [7, 11) is 0. The Morgan fingerprint density at radius 3 is 2.08 bits per heavy atom. The first-order valence-electron chi connectivity index (χ1n) is 13.0. The van der Waals surface area contributed by atoms with Gasteiger partial charge < -0.3 is 14.7 Å². The van der Waals surface area contributed by atoms with E-state index in [1.165, 1.54) is 24.3 Å². The number of carbonyl (C=O) groups excluding carboxylic acids is 2. The number of piperazine rings is 1. The molecule has 0 radical (unpaired) electrons. The van der Waals surface area contributed by atoms with Crippen molar-refractivity contribution < 1.29 is 14.0 Å². The lowest BCUT2D eigenvalue weighted by Crippen LogP contribution is -2.52. The van der Waals surface area contributed by atoms with Gasteiger partial charge in [-0.3, -0.25) is 9.59 Å². The fourth-order valence-corrected chi connectivity index (χ4v) is 4.74. The van der Waals surface area contributed by atoms with E-state index in [9.17, 15) is 14.0 Å². The monoisotopic (exact) mass is 523 g/mol. The zero-order valence-electron chi connectivity index (χ0n) is 21.8. The molecule has 198 valence electrons. The molecule has 1 fully saturated rings. The van der Waals surface area contributed by atoms with Crippen LogP contribution in [0.15, 0.2) is 97.1 Å². The van der Waals surface area contributed by atoms with Gasteiger partial charge in [0.25, 0.3) is 5.91 Å². The summed E-state index contributed by atoms with van der Waals surface area (Å²) in [4.78, 5) is 32.3. The molecule has 1 atom stereocenters. The number of hydrogen-bond acceptors (Lipinski definition) is 5. The molecule has 1 aliphatic heterocycles. The molecule has 0 bridgehead atoms. The van der Waals surface area contributed by atoms with Crippen LogP contribution < -0.4 is 4.90 Å². The van der Waals surface area contributed by atoms with Crippen molar-refractivity contribution in [1.29, 1.82) is 0 Å². The number of aromatic nitrogens is 2. The minimum absolute atomic E-state index is 0.0716. The van der Waals surface area contributed by atoms with Crippen LogP contribution in [0.4, 0.5) is 10.2 Å². The molecule has 1 aromatic heterocycles. The molecule has 1 aliphatic rings. The molecule has 0 saturated carbocycles. The molecule has 1 saturated heterocycles. The highest BCUT2D eigenvalue weighted by atomic mass is 19.1. The Bertz CT molecular complexity index is 1390. The summed E-state index contributed by atoms with van der Waals surface area (Å²) in [5.74, 6) is -0.0827. The van der Waals surface area contributed by atoms with E-state index < -0.39 is 5.82 Å². The van der Waals surface area contributed by atoms with E-state index in [-0.39, 0.29) is 24.4 Å². The fourth-order valence-electron chi connectivity index (χ4n) is 4.74. The Hall–Kier alpha value is -4.59. The quantitative estimate of drug-likeness (QED) is 0.347. The Balaban J connectivity index is 1.25. The average Bonchev–Trinajstić information content (AvgIpc) is 3.00. The predicted octanol–water partition coefficient (Wildman–Crippen LogP) is 4.83. The zero-order valence-corrected chi connectivity index (χ0v) is 21.8. The minimum Gasteiger partial charge on any atom is -0.352 e. The van der Waals surface area contributed by atoms with Gasteiger partial charge in [0.2, 0.25) is 5.91 Å². The van der Waals surface area contributed by atoms with Crippen LogP contribution in [0.1, 0.15) is 28.9 Å². The second kappa shape index (κ2) is 11.9. The summed E-state index contributed by atoms with van der Waals surface area (Å²) in [5, 5.41) is 8.79. The molecule has 5 rings (SSSR count).